The normalized spacial score (nSPS) is 12.1. The molecule has 8 heteroatoms. The Morgan fingerprint density at radius 3 is 2.24 bits per heavy atom. The van der Waals surface area contributed by atoms with E-state index in [4.69, 9.17) is 14.9 Å². The van der Waals surface area contributed by atoms with E-state index in [0.29, 0.717) is 18.7 Å². The van der Waals surface area contributed by atoms with Gasteiger partial charge in [-0.25, -0.2) is 9.59 Å². The molecule has 1 heterocycles. The number of carboxylic acid groups (broad SMARTS) is 2. The predicted molar refractivity (Wildman–Crippen MR) is 110 cm³/mol. The minimum Gasteiger partial charge on any atom is -0.490 e. The lowest BCUT2D eigenvalue weighted by molar-refractivity contribution is -0.134. The first-order valence-corrected chi connectivity index (χ1v) is 9.01. The van der Waals surface area contributed by atoms with Crippen molar-refractivity contribution in [3.8, 4) is 17.0 Å². The average molecular weight is 404 g/mol. The zero-order valence-corrected chi connectivity index (χ0v) is 16.8. The summed E-state index contributed by atoms with van der Waals surface area (Å²) in [5, 5.41) is 28.9. The number of nitrogens with one attached hydrogen (secondary N) is 2. The lowest BCUT2D eigenvalue weighted by Crippen LogP contribution is -2.42. The van der Waals surface area contributed by atoms with E-state index in [9.17, 15) is 14.7 Å². The fourth-order valence-corrected chi connectivity index (χ4v) is 2.12. The molecule has 0 amide bonds. The summed E-state index contributed by atoms with van der Waals surface area (Å²) in [5.74, 6) is -1.74. The number of benzene rings is 1. The number of β-amino-alcohol motifs (C(OH)–C–C–N with tert-alkyl or cyclic N) is 1. The molecule has 0 aliphatic heterocycles. The molecule has 158 valence electrons. The molecule has 2 rings (SSSR count). The highest BCUT2D eigenvalue weighted by molar-refractivity contribution is 5.89. The SMILES string of the molecule is CC(C)(C)NCC(O)COc1ccccc1-c1ccc[nH]1.O=C(O)/C=C/C(=O)O. The lowest BCUT2D eigenvalue weighted by Gasteiger charge is -2.23. The van der Waals surface area contributed by atoms with Gasteiger partial charge >= 0.3 is 11.9 Å². The fourth-order valence-electron chi connectivity index (χ4n) is 2.12. The topological polar surface area (TPSA) is 132 Å². The van der Waals surface area contributed by atoms with Crippen LogP contribution in [0.25, 0.3) is 11.3 Å². The van der Waals surface area contributed by atoms with Gasteiger partial charge in [-0.2, -0.15) is 0 Å². The van der Waals surface area contributed by atoms with Crippen molar-refractivity contribution in [2.45, 2.75) is 32.4 Å². The van der Waals surface area contributed by atoms with Gasteiger partial charge in [0.2, 0.25) is 0 Å². The Morgan fingerprint density at radius 1 is 1.10 bits per heavy atom. The summed E-state index contributed by atoms with van der Waals surface area (Å²) in [6, 6.07) is 11.8. The molecule has 0 saturated carbocycles. The summed E-state index contributed by atoms with van der Waals surface area (Å²) in [7, 11) is 0. The van der Waals surface area contributed by atoms with Crippen molar-refractivity contribution in [2.75, 3.05) is 13.2 Å². The van der Waals surface area contributed by atoms with E-state index in [1.165, 1.54) is 0 Å². The number of ether oxygens (including phenoxy) is 1. The van der Waals surface area contributed by atoms with Crippen LogP contribution in [0.1, 0.15) is 20.8 Å². The van der Waals surface area contributed by atoms with Gasteiger partial charge in [0, 0.05) is 41.7 Å². The number of carboxylic acids is 2. The second-order valence-corrected chi connectivity index (χ2v) is 7.19. The first kappa shape index (κ1) is 23.9. The zero-order valence-electron chi connectivity index (χ0n) is 16.8. The Kier molecular flexibility index (Phi) is 9.64. The number of aromatic nitrogens is 1. The van der Waals surface area contributed by atoms with E-state index < -0.39 is 18.0 Å². The highest BCUT2D eigenvalue weighted by Gasteiger charge is 2.13. The van der Waals surface area contributed by atoms with Crippen LogP contribution in [0.5, 0.6) is 5.75 Å². The van der Waals surface area contributed by atoms with Crippen LogP contribution < -0.4 is 10.1 Å². The van der Waals surface area contributed by atoms with Gasteiger partial charge in [-0.3, -0.25) is 0 Å². The second kappa shape index (κ2) is 11.7. The van der Waals surface area contributed by atoms with Gasteiger partial charge < -0.3 is 30.4 Å². The van der Waals surface area contributed by atoms with Crippen molar-refractivity contribution in [3.05, 3.63) is 54.7 Å². The van der Waals surface area contributed by atoms with Crippen LogP contribution in [-0.4, -0.2) is 57.0 Å². The molecule has 0 fully saturated rings. The first-order chi connectivity index (χ1) is 13.6. The molecule has 0 radical (unpaired) electrons. The Morgan fingerprint density at radius 2 is 1.72 bits per heavy atom. The number of aliphatic hydroxyl groups is 1. The minimum absolute atomic E-state index is 0.0108. The number of carbonyl (C=O) groups is 2. The Bertz CT molecular complexity index is 778. The Balaban J connectivity index is 0.000000447. The van der Waals surface area contributed by atoms with Gasteiger partial charge in [-0.15, -0.1) is 0 Å². The molecule has 0 aliphatic carbocycles. The molecule has 8 nitrogen and oxygen atoms in total. The number of aliphatic carboxylic acids is 2. The van der Waals surface area contributed by atoms with Crippen molar-refractivity contribution in [3.63, 3.8) is 0 Å². The smallest absolute Gasteiger partial charge is 0.328 e. The van der Waals surface area contributed by atoms with Crippen LogP contribution in [0.3, 0.4) is 0 Å². The quantitative estimate of drug-likeness (QED) is 0.427. The van der Waals surface area contributed by atoms with Crippen molar-refractivity contribution in [1.82, 2.24) is 10.3 Å². The number of aromatic amines is 1. The molecule has 1 aromatic carbocycles. The summed E-state index contributed by atoms with van der Waals surface area (Å²) < 4.78 is 5.78. The van der Waals surface area contributed by atoms with Crippen LogP contribution in [0.2, 0.25) is 0 Å². The Labute approximate surface area is 169 Å². The van der Waals surface area contributed by atoms with Gasteiger partial charge in [0.05, 0.1) is 0 Å². The van der Waals surface area contributed by atoms with Crippen molar-refractivity contribution in [2.24, 2.45) is 0 Å². The third kappa shape index (κ3) is 10.7. The minimum atomic E-state index is -1.26. The monoisotopic (exact) mass is 404 g/mol. The highest BCUT2D eigenvalue weighted by atomic mass is 16.5. The second-order valence-electron chi connectivity index (χ2n) is 7.19. The molecule has 0 aliphatic rings. The third-order valence-corrected chi connectivity index (χ3v) is 3.44. The molecule has 1 atom stereocenters. The van der Waals surface area contributed by atoms with Gasteiger partial charge in [0.15, 0.2) is 0 Å². The molecule has 0 bridgehead atoms. The van der Waals surface area contributed by atoms with Crippen molar-refractivity contribution < 1.29 is 29.6 Å². The molecule has 1 aromatic heterocycles. The van der Waals surface area contributed by atoms with Crippen LogP contribution in [-0.2, 0) is 9.59 Å². The van der Waals surface area contributed by atoms with Gasteiger partial charge in [-0.1, -0.05) is 12.1 Å². The average Bonchev–Trinajstić information content (AvgIpc) is 3.18. The van der Waals surface area contributed by atoms with Crippen LogP contribution in [0.4, 0.5) is 0 Å². The molecule has 29 heavy (non-hydrogen) atoms. The van der Waals surface area contributed by atoms with Gasteiger partial charge in [0.25, 0.3) is 0 Å². The maximum atomic E-state index is 10.00. The van der Waals surface area contributed by atoms with Crippen LogP contribution in [0, 0.1) is 0 Å². The molecule has 2 aromatic rings. The van der Waals surface area contributed by atoms with E-state index in [1.807, 2.05) is 42.6 Å². The van der Waals surface area contributed by atoms with Crippen LogP contribution >= 0.6 is 0 Å². The third-order valence-electron chi connectivity index (χ3n) is 3.44. The summed E-state index contributed by atoms with van der Waals surface area (Å²) in [4.78, 5) is 22.3. The van der Waals surface area contributed by atoms with Crippen molar-refractivity contribution >= 4 is 11.9 Å². The number of aliphatic hydroxyl groups excluding tert-OH is 1. The number of hydrogen-bond donors (Lipinski definition) is 5. The summed E-state index contributed by atoms with van der Waals surface area (Å²) in [6.07, 6.45) is 2.46. The summed E-state index contributed by atoms with van der Waals surface area (Å²) in [6.45, 7) is 6.98. The van der Waals surface area contributed by atoms with E-state index in [0.717, 1.165) is 17.0 Å². The summed E-state index contributed by atoms with van der Waals surface area (Å²) in [5.41, 5.74) is 2.00. The standard InChI is InChI=1S/C17H24N2O2.C4H4O4/c1-17(2,3)19-11-13(20)12-21-16-9-5-4-7-14(16)15-8-6-10-18-15;5-3(6)1-2-4(7)8/h4-10,13,18-20H,11-12H2,1-3H3;1-2H,(H,5,6)(H,7,8)/b;2-1+. The van der Waals surface area contributed by atoms with Gasteiger partial charge in [0.1, 0.15) is 18.5 Å². The Hall–Kier alpha value is -3.10. The summed E-state index contributed by atoms with van der Waals surface area (Å²) >= 11 is 0. The molecule has 0 spiro atoms. The molecular weight excluding hydrogens is 376 g/mol. The zero-order chi connectivity index (χ0) is 21.9. The molecule has 0 saturated heterocycles. The van der Waals surface area contributed by atoms with Gasteiger partial charge in [-0.05, 0) is 45.0 Å². The number of H-pyrrole nitrogens is 1. The van der Waals surface area contributed by atoms with Crippen LogP contribution in [0.15, 0.2) is 54.7 Å². The predicted octanol–water partition coefficient (Wildman–Crippen LogP) is 2.52. The van der Waals surface area contributed by atoms with Crippen molar-refractivity contribution in [1.29, 1.82) is 0 Å². The van der Waals surface area contributed by atoms with E-state index in [1.54, 1.807) is 0 Å². The van der Waals surface area contributed by atoms with E-state index in [2.05, 4.69) is 31.1 Å². The maximum Gasteiger partial charge on any atom is 0.328 e. The van der Waals surface area contributed by atoms with E-state index in [-0.39, 0.29) is 12.1 Å². The van der Waals surface area contributed by atoms with E-state index >= 15 is 0 Å². The lowest BCUT2D eigenvalue weighted by atomic mass is 10.1. The molecule has 1 unspecified atom stereocenters. The largest absolute Gasteiger partial charge is 0.490 e. The maximum absolute atomic E-state index is 10.00. The number of rotatable bonds is 8. The number of hydrogen-bond acceptors (Lipinski definition) is 5. The molecular formula is C21H28N2O6. The number of para-hydroxylation sites is 1. The first-order valence-electron chi connectivity index (χ1n) is 9.01. The molecule has 5 N–H and O–H groups in total. The highest BCUT2D eigenvalue weighted by Crippen LogP contribution is 2.28. The fraction of sp³-hybridized carbons (Fsp3) is 0.333.